The molecular weight excluding hydrogens is 763 g/mol. The first-order valence-corrected chi connectivity index (χ1v) is 22.6. The second-order valence-electron chi connectivity index (χ2n) is 19.2. The molecule has 0 spiro atoms. The van der Waals surface area contributed by atoms with E-state index in [1.807, 2.05) is 0 Å². The van der Waals surface area contributed by atoms with Crippen LogP contribution in [0.1, 0.15) is 62.8 Å². The summed E-state index contributed by atoms with van der Waals surface area (Å²) in [6, 6.07) is 62.0. The summed E-state index contributed by atoms with van der Waals surface area (Å²) in [5.74, 6) is 0. The molecule has 0 aliphatic heterocycles. The fourth-order valence-electron chi connectivity index (χ4n) is 12.5. The van der Waals surface area contributed by atoms with E-state index < -0.39 is 0 Å². The van der Waals surface area contributed by atoms with Crippen LogP contribution in [0.4, 0.5) is 0 Å². The van der Waals surface area contributed by atoms with Crippen molar-refractivity contribution in [3.63, 3.8) is 0 Å². The average Bonchev–Trinajstić information content (AvgIpc) is 4.06. The summed E-state index contributed by atoms with van der Waals surface area (Å²) >= 11 is 0. The van der Waals surface area contributed by atoms with Crippen molar-refractivity contribution in [1.82, 2.24) is 13.7 Å². The Morgan fingerprint density at radius 2 is 0.937 bits per heavy atom. The largest absolute Gasteiger partial charge is 0.309 e. The van der Waals surface area contributed by atoms with Gasteiger partial charge in [-0.15, -0.1) is 0 Å². The number of fused-ring (bicyclic) bond motifs is 16. The molecule has 0 unspecified atom stereocenters. The predicted molar refractivity (Wildman–Crippen MR) is 265 cm³/mol. The topological polar surface area (TPSA) is 14.8 Å². The Bertz CT molecular complexity index is 3890. The highest BCUT2D eigenvalue weighted by molar-refractivity contribution is 6.31. The number of benzene rings is 8. The van der Waals surface area contributed by atoms with E-state index in [0.717, 1.165) is 18.5 Å². The van der Waals surface area contributed by atoms with Crippen molar-refractivity contribution in [3.8, 4) is 28.2 Å². The van der Waals surface area contributed by atoms with Crippen molar-refractivity contribution in [1.29, 1.82) is 0 Å². The zero-order valence-corrected chi connectivity index (χ0v) is 36.0. The van der Waals surface area contributed by atoms with Gasteiger partial charge in [0, 0.05) is 60.2 Å². The van der Waals surface area contributed by atoms with Crippen LogP contribution in [0.2, 0.25) is 0 Å². The third kappa shape index (κ3) is 4.44. The van der Waals surface area contributed by atoms with Gasteiger partial charge in [0.15, 0.2) is 0 Å². The highest BCUT2D eigenvalue weighted by Crippen LogP contribution is 2.53. The number of hydrogen-bond acceptors (Lipinski definition) is 0. The molecule has 0 radical (unpaired) electrons. The molecule has 8 aromatic carbocycles. The highest BCUT2D eigenvalue weighted by atomic mass is 15.0. The Morgan fingerprint density at radius 3 is 1.59 bits per heavy atom. The van der Waals surface area contributed by atoms with Crippen molar-refractivity contribution < 1.29 is 0 Å². The summed E-state index contributed by atoms with van der Waals surface area (Å²) < 4.78 is 7.61. The third-order valence-electron chi connectivity index (χ3n) is 15.3. The SMILES string of the molecule is CC1(C)C2=C(CCC=C2)c2cc(-n3c4ccccc4c4c3ccc3c5ccc6c(c7ccccc7n6-c6ccc7c(c6)-c6ccccc6C7(C)C)c5n(-c5ccccc5)c34)ccc21. The predicted octanol–water partition coefficient (Wildman–Crippen LogP) is 15.7. The zero-order chi connectivity index (χ0) is 41.9. The van der Waals surface area contributed by atoms with Crippen molar-refractivity contribution in [2.45, 2.75) is 51.4 Å². The minimum atomic E-state index is -0.0476. The summed E-state index contributed by atoms with van der Waals surface area (Å²) in [7, 11) is 0. The monoisotopic (exact) mass is 807 g/mol. The first-order chi connectivity index (χ1) is 30.8. The van der Waals surface area contributed by atoms with Crippen molar-refractivity contribution >= 4 is 71.0 Å². The van der Waals surface area contributed by atoms with Gasteiger partial charge in [-0.05, 0) is 118 Å². The van der Waals surface area contributed by atoms with Crippen LogP contribution in [0.25, 0.3) is 99.2 Å². The quantitative estimate of drug-likeness (QED) is 0.169. The van der Waals surface area contributed by atoms with E-state index in [1.54, 1.807) is 0 Å². The second kappa shape index (κ2) is 12.2. The van der Waals surface area contributed by atoms with E-state index in [9.17, 15) is 0 Å². The van der Waals surface area contributed by atoms with E-state index in [1.165, 1.54) is 121 Å². The number of nitrogens with zero attached hydrogens (tertiary/aromatic N) is 3. The molecular formula is C60H45N3. The van der Waals surface area contributed by atoms with Crippen LogP contribution < -0.4 is 0 Å². The molecule has 63 heavy (non-hydrogen) atoms. The molecule has 300 valence electrons. The van der Waals surface area contributed by atoms with Gasteiger partial charge in [-0.25, -0.2) is 0 Å². The molecule has 3 aromatic heterocycles. The number of para-hydroxylation sites is 3. The molecule has 0 bridgehead atoms. The normalized spacial score (nSPS) is 15.9. The molecule has 0 amide bonds. The number of allylic oxidation sites excluding steroid dienone is 4. The fourth-order valence-corrected chi connectivity index (χ4v) is 12.5. The van der Waals surface area contributed by atoms with Crippen LogP contribution in [-0.4, -0.2) is 13.7 Å². The molecule has 3 heterocycles. The van der Waals surface area contributed by atoms with E-state index in [0.29, 0.717) is 0 Å². The lowest BCUT2D eigenvalue weighted by molar-refractivity contribution is 0.651. The minimum absolute atomic E-state index is 0.00106. The maximum absolute atomic E-state index is 2.58. The van der Waals surface area contributed by atoms with E-state index in [2.05, 4.69) is 217 Å². The van der Waals surface area contributed by atoms with E-state index >= 15 is 0 Å². The molecule has 0 fully saturated rings. The van der Waals surface area contributed by atoms with Gasteiger partial charge in [-0.2, -0.15) is 0 Å². The molecule has 0 saturated heterocycles. The molecule has 3 heteroatoms. The summed E-state index contributed by atoms with van der Waals surface area (Å²) in [4.78, 5) is 0. The van der Waals surface area contributed by atoms with Crippen LogP contribution in [0.5, 0.6) is 0 Å². The van der Waals surface area contributed by atoms with Gasteiger partial charge in [0.25, 0.3) is 0 Å². The zero-order valence-electron chi connectivity index (χ0n) is 36.0. The third-order valence-corrected chi connectivity index (χ3v) is 15.3. The maximum atomic E-state index is 2.58. The lowest BCUT2D eigenvalue weighted by atomic mass is 9.80. The van der Waals surface area contributed by atoms with Crippen LogP contribution in [0.15, 0.2) is 182 Å². The first kappa shape index (κ1) is 35.3. The summed E-state index contributed by atoms with van der Waals surface area (Å²) in [5, 5.41) is 7.59. The van der Waals surface area contributed by atoms with Gasteiger partial charge in [0.05, 0.1) is 33.1 Å². The van der Waals surface area contributed by atoms with Gasteiger partial charge in [0.1, 0.15) is 0 Å². The second-order valence-corrected chi connectivity index (χ2v) is 19.2. The molecule has 3 aliphatic carbocycles. The van der Waals surface area contributed by atoms with Gasteiger partial charge in [-0.1, -0.05) is 143 Å². The van der Waals surface area contributed by atoms with Crippen LogP contribution in [0.3, 0.4) is 0 Å². The Balaban J connectivity index is 1.09. The number of rotatable bonds is 3. The fraction of sp³-hybridized carbons (Fsp3) is 0.133. The standard InChI is InChI=1S/C60H45N3/c1-59(2)47-22-12-8-18-39(47)45-34-37(26-30-49(45)59)61-51-24-14-10-20-43(51)55-53(61)32-28-41-42-29-33-54-56(58(42)63(57(41)55)36-16-6-5-7-17-36)44-21-11-15-25-52(44)62(54)38-27-31-50-46(35-38)40-19-9-13-23-48(40)60(50,3)4/h5-8,10-18,20-35H,9,19H2,1-4H3. The summed E-state index contributed by atoms with van der Waals surface area (Å²) in [6.45, 7) is 9.50. The van der Waals surface area contributed by atoms with Gasteiger partial charge >= 0.3 is 0 Å². The molecule has 3 nitrogen and oxygen atoms in total. The molecule has 0 N–H and O–H groups in total. The smallest absolute Gasteiger partial charge is 0.0641 e. The Labute approximate surface area is 366 Å². The minimum Gasteiger partial charge on any atom is -0.309 e. The van der Waals surface area contributed by atoms with Gasteiger partial charge in [-0.3, -0.25) is 0 Å². The van der Waals surface area contributed by atoms with Gasteiger partial charge < -0.3 is 13.7 Å². The maximum Gasteiger partial charge on any atom is 0.0641 e. The highest BCUT2D eigenvalue weighted by Gasteiger charge is 2.38. The Hall–Kier alpha value is -7.36. The lowest BCUT2D eigenvalue weighted by Gasteiger charge is -2.24. The van der Waals surface area contributed by atoms with Crippen molar-refractivity contribution in [2.75, 3.05) is 0 Å². The Morgan fingerprint density at radius 1 is 0.397 bits per heavy atom. The number of aromatic nitrogens is 3. The van der Waals surface area contributed by atoms with E-state index in [-0.39, 0.29) is 10.8 Å². The molecule has 3 aliphatic rings. The average molecular weight is 808 g/mol. The molecule has 14 rings (SSSR count). The molecule has 0 saturated carbocycles. The van der Waals surface area contributed by atoms with Crippen molar-refractivity contribution in [3.05, 3.63) is 204 Å². The first-order valence-electron chi connectivity index (χ1n) is 22.6. The van der Waals surface area contributed by atoms with Crippen LogP contribution >= 0.6 is 0 Å². The Kier molecular flexibility index (Phi) is 6.81. The van der Waals surface area contributed by atoms with Crippen molar-refractivity contribution in [2.24, 2.45) is 0 Å². The van der Waals surface area contributed by atoms with Crippen LogP contribution in [-0.2, 0) is 10.8 Å². The summed E-state index contributed by atoms with van der Waals surface area (Å²) in [5.41, 5.74) is 22.2. The number of hydrogen-bond donors (Lipinski definition) is 0. The van der Waals surface area contributed by atoms with Gasteiger partial charge in [0.2, 0.25) is 0 Å². The molecule has 0 atom stereocenters. The summed E-state index contributed by atoms with van der Waals surface area (Å²) in [6.07, 6.45) is 6.94. The van der Waals surface area contributed by atoms with Crippen LogP contribution in [0, 0.1) is 0 Å². The van der Waals surface area contributed by atoms with E-state index in [4.69, 9.17) is 0 Å². The lowest BCUT2D eigenvalue weighted by Crippen LogP contribution is -2.16. The molecule has 11 aromatic rings.